The van der Waals surface area contributed by atoms with Crippen LogP contribution in [0.15, 0.2) is 83.9 Å². The Balaban J connectivity index is 1.52. The number of fused-ring (bicyclic) bond motifs is 1. The van der Waals surface area contributed by atoms with E-state index in [2.05, 4.69) is 22.0 Å². The van der Waals surface area contributed by atoms with Crippen molar-refractivity contribution in [1.29, 1.82) is 0 Å². The average molecular weight is 386 g/mol. The summed E-state index contributed by atoms with van der Waals surface area (Å²) in [6, 6.07) is 24.7. The molecule has 0 spiro atoms. The predicted octanol–water partition coefficient (Wildman–Crippen LogP) is 4.18. The first-order chi connectivity index (χ1) is 14.2. The van der Waals surface area contributed by atoms with E-state index in [-0.39, 0.29) is 11.7 Å². The molecule has 1 heterocycles. The molecule has 1 aliphatic rings. The number of aliphatic imine (C=N–C) groups is 1. The van der Waals surface area contributed by atoms with E-state index in [9.17, 15) is 9.90 Å². The first-order valence-electron chi connectivity index (χ1n) is 9.58. The molecule has 1 unspecified atom stereocenters. The van der Waals surface area contributed by atoms with Gasteiger partial charge in [0.15, 0.2) is 6.23 Å². The maximum Gasteiger partial charge on any atom is 0.340 e. The van der Waals surface area contributed by atoms with E-state index in [4.69, 9.17) is 4.74 Å². The van der Waals surface area contributed by atoms with Gasteiger partial charge in [-0.3, -0.25) is 9.89 Å². The molecular weight excluding hydrogens is 364 g/mol. The van der Waals surface area contributed by atoms with Crippen molar-refractivity contribution in [3.05, 3.63) is 101 Å². The van der Waals surface area contributed by atoms with Crippen LogP contribution in [0.3, 0.4) is 0 Å². The third-order valence-electron chi connectivity index (χ3n) is 4.91. The van der Waals surface area contributed by atoms with E-state index in [1.165, 1.54) is 0 Å². The molecule has 0 amide bonds. The Kier molecular flexibility index (Phi) is 5.68. The van der Waals surface area contributed by atoms with Crippen LogP contribution in [0, 0.1) is 0 Å². The fraction of sp³-hybridized carbons (Fsp3) is 0.167. The maximum absolute atomic E-state index is 12.3. The molecule has 146 valence electrons. The van der Waals surface area contributed by atoms with Crippen LogP contribution in [0.4, 0.5) is 0 Å². The highest BCUT2D eigenvalue weighted by molar-refractivity contribution is 5.93. The van der Waals surface area contributed by atoms with E-state index >= 15 is 0 Å². The summed E-state index contributed by atoms with van der Waals surface area (Å²) >= 11 is 0. The molecule has 5 nitrogen and oxygen atoms in total. The fourth-order valence-corrected chi connectivity index (χ4v) is 3.44. The number of esters is 1. The first kappa shape index (κ1) is 18.9. The number of rotatable bonds is 7. The molecule has 0 saturated carbocycles. The lowest BCUT2D eigenvalue weighted by atomic mass is 10.1. The largest absolute Gasteiger partial charge is 0.507 e. The Morgan fingerprint density at radius 3 is 2.52 bits per heavy atom. The van der Waals surface area contributed by atoms with Gasteiger partial charge in [0.1, 0.15) is 5.75 Å². The minimum atomic E-state index is -0.431. The molecule has 1 N–H and O–H groups in total. The zero-order valence-electron chi connectivity index (χ0n) is 15.9. The second-order valence-corrected chi connectivity index (χ2v) is 6.90. The molecule has 4 rings (SSSR count). The Hall–Kier alpha value is -3.44. The number of nitrogens with zero attached hydrogens (tertiary/aromatic N) is 2. The first-order valence-corrected chi connectivity index (χ1v) is 9.58. The predicted molar refractivity (Wildman–Crippen MR) is 112 cm³/mol. The van der Waals surface area contributed by atoms with Gasteiger partial charge in [-0.25, -0.2) is 4.79 Å². The molecule has 1 atom stereocenters. The van der Waals surface area contributed by atoms with Gasteiger partial charge in [-0.1, -0.05) is 60.7 Å². The third kappa shape index (κ3) is 4.36. The van der Waals surface area contributed by atoms with E-state index in [0.717, 1.165) is 11.1 Å². The number of hydrogen-bond donors (Lipinski definition) is 1. The smallest absolute Gasteiger partial charge is 0.340 e. The molecule has 0 bridgehead atoms. The number of aromatic hydroxyl groups is 1. The maximum atomic E-state index is 12.3. The minimum absolute atomic E-state index is 0.205. The molecule has 1 aliphatic heterocycles. The summed E-state index contributed by atoms with van der Waals surface area (Å²) in [7, 11) is 0. The van der Waals surface area contributed by atoms with Gasteiger partial charge < -0.3 is 9.84 Å². The topological polar surface area (TPSA) is 62.1 Å². The summed E-state index contributed by atoms with van der Waals surface area (Å²) in [4.78, 5) is 18.9. The monoisotopic (exact) mass is 386 g/mol. The van der Waals surface area contributed by atoms with Crippen molar-refractivity contribution in [3.63, 3.8) is 0 Å². The molecule has 0 fully saturated rings. The molecule has 3 aromatic rings. The van der Waals surface area contributed by atoms with E-state index < -0.39 is 6.23 Å². The van der Waals surface area contributed by atoms with Gasteiger partial charge in [-0.05, 0) is 23.8 Å². The SMILES string of the molecule is O=C1OC(N(CCN=Cc2ccccc2O)Cc2ccccc2)c2ccccc21. The number of carbonyl (C=O) groups is 1. The molecule has 0 aliphatic carbocycles. The number of phenolic OH excluding ortho intramolecular Hbond substituents is 1. The quantitative estimate of drug-likeness (QED) is 0.489. The van der Waals surface area contributed by atoms with Crippen LogP contribution in [0.1, 0.15) is 33.3 Å². The lowest BCUT2D eigenvalue weighted by molar-refractivity contribution is -0.0257. The Labute approximate surface area is 169 Å². The van der Waals surface area contributed by atoms with Crippen molar-refractivity contribution < 1.29 is 14.6 Å². The summed E-state index contributed by atoms with van der Waals surface area (Å²) < 4.78 is 5.70. The van der Waals surface area contributed by atoms with E-state index in [0.29, 0.717) is 30.8 Å². The van der Waals surface area contributed by atoms with Crippen LogP contribution < -0.4 is 0 Å². The fourth-order valence-electron chi connectivity index (χ4n) is 3.44. The summed E-state index contributed by atoms with van der Waals surface area (Å²) in [5.74, 6) is -0.0857. The number of hydrogen-bond acceptors (Lipinski definition) is 5. The van der Waals surface area contributed by atoms with Crippen molar-refractivity contribution in [2.24, 2.45) is 4.99 Å². The number of carbonyl (C=O) groups excluding carboxylic acids is 1. The number of cyclic esters (lactones) is 1. The summed E-state index contributed by atoms with van der Waals surface area (Å²) in [5.41, 5.74) is 3.32. The van der Waals surface area contributed by atoms with E-state index in [1.807, 2.05) is 48.5 Å². The summed E-state index contributed by atoms with van der Waals surface area (Å²) in [6.07, 6.45) is 1.24. The van der Waals surface area contributed by atoms with Gasteiger partial charge in [0, 0.05) is 30.4 Å². The van der Waals surface area contributed by atoms with Gasteiger partial charge in [-0.2, -0.15) is 0 Å². The van der Waals surface area contributed by atoms with Crippen LogP contribution in [0.5, 0.6) is 5.75 Å². The Morgan fingerprint density at radius 2 is 1.69 bits per heavy atom. The second kappa shape index (κ2) is 8.71. The van der Waals surface area contributed by atoms with Gasteiger partial charge in [0.05, 0.1) is 12.1 Å². The molecule has 3 aromatic carbocycles. The van der Waals surface area contributed by atoms with Crippen LogP contribution in [0.2, 0.25) is 0 Å². The van der Waals surface area contributed by atoms with E-state index in [1.54, 1.807) is 24.4 Å². The highest BCUT2D eigenvalue weighted by atomic mass is 16.6. The highest BCUT2D eigenvalue weighted by Crippen LogP contribution is 2.34. The normalized spacial score (nSPS) is 15.6. The highest BCUT2D eigenvalue weighted by Gasteiger charge is 2.34. The van der Waals surface area contributed by atoms with Crippen LogP contribution >= 0.6 is 0 Å². The van der Waals surface area contributed by atoms with Gasteiger partial charge >= 0.3 is 5.97 Å². The Morgan fingerprint density at radius 1 is 0.966 bits per heavy atom. The molecular formula is C24H22N2O3. The van der Waals surface area contributed by atoms with Crippen molar-refractivity contribution in [1.82, 2.24) is 4.90 Å². The molecule has 5 heteroatoms. The zero-order valence-corrected chi connectivity index (χ0v) is 15.9. The summed E-state index contributed by atoms with van der Waals surface area (Å²) in [6.45, 7) is 1.75. The lowest BCUT2D eigenvalue weighted by Gasteiger charge is -2.27. The molecule has 29 heavy (non-hydrogen) atoms. The van der Waals surface area contributed by atoms with Crippen molar-refractivity contribution in [3.8, 4) is 5.75 Å². The summed E-state index contributed by atoms with van der Waals surface area (Å²) in [5, 5.41) is 9.87. The van der Waals surface area contributed by atoms with Crippen LogP contribution in [-0.2, 0) is 11.3 Å². The second-order valence-electron chi connectivity index (χ2n) is 6.90. The molecule has 0 aromatic heterocycles. The van der Waals surface area contributed by atoms with Crippen molar-refractivity contribution in [2.75, 3.05) is 13.1 Å². The van der Waals surface area contributed by atoms with Gasteiger partial charge in [-0.15, -0.1) is 0 Å². The number of phenols is 1. The molecule has 0 saturated heterocycles. The van der Waals surface area contributed by atoms with Crippen LogP contribution in [0.25, 0.3) is 0 Å². The van der Waals surface area contributed by atoms with Gasteiger partial charge in [0.25, 0.3) is 0 Å². The van der Waals surface area contributed by atoms with Crippen molar-refractivity contribution in [2.45, 2.75) is 12.8 Å². The third-order valence-corrected chi connectivity index (χ3v) is 4.91. The Bertz CT molecular complexity index is 1020. The number of para-hydroxylation sites is 1. The average Bonchev–Trinajstić information content (AvgIpc) is 3.09. The zero-order chi connectivity index (χ0) is 20.1. The van der Waals surface area contributed by atoms with Crippen molar-refractivity contribution >= 4 is 12.2 Å². The minimum Gasteiger partial charge on any atom is -0.507 e. The van der Waals surface area contributed by atoms with Crippen LogP contribution in [-0.4, -0.2) is 35.3 Å². The number of benzene rings is 3. The standard InChI is InChI=1S/C24H22N2O3/c27-22-13-7-4-10-19(22)16-25-14-15-26(17-18-8-2-1-3-9-18)23-20-11-5-6-12-21(20)24(28)29-23/h1-13,16,23,27H,14-15,17H2. The lowest BCUT2D eigenvalue weighted by Crippen LogP contribution is -2.31. The molecule has 0 radical (unpaired) electrons. The number of ether oxygens (including phenoxy) is 1. The van der Waals surface area contributed by atoms with Gasteiger partial charge in [0.2, 0.25) is 0 Å².